The van der Waals surface area contributed by atoms with Crippen LogP contribution in [0.25, 0.3) is 0 Å². The highest BCUT2D eigenvalue weighted by Crippen LogP contribution is 2.10. The molecule has 2 fully saturated rings. The lowest BCUT2D eigenvalue weighted by atomic mass is 9.97. The van der Waals surface area contributed by atoms with E-state index < -0.39 is 0 Å². The molecule has 1 aromatic heterocycles. The summed E-state index contributed by atoms with van der Waals surface area (Å²) in [5, 5.41) is 0. The van der Waals surface area contributed by atoms with Gasteiger partial charge in [0.2, 0.25) is 5.91 Å². The van der Waals surface area contributed by atoms with Gasteiger partial charge in [0.15, 0.2) is 6.54 Å². The molecular formula is C17H27N5O2+2. The standard InChI is InChI=1S/C17H25N5O2/c18-17(24)14-4-3-7-20(12-14)13-16(23)22-10-8-21(9-11-22)15-5-1-2-6-19-15/h1-2,5-6,14H,3-4,7-13H2,(H2,18,24)/p+2/t14-/m0/s1. The Morgan fingerprint density at radius 1 is 1.25 bits per heavy atom. The molecule has 0 aromatic carbocycles. The number of piperidine rings is 1. The predicted molar refractivity (Wildman–Crippen MR) is 89.3 cm³/mol. The molecule has 2 amide bonds. The number of carbonyl (C=O) groups is 2. The molecule has 0 radical (unpaired) electrons. The molecule has 7 nitrogen and oxygen atoms in total. The first-order chi connectivity index (χ1) is 11.6. The highest BCUT2D eigenvalue weighted by molar-refractivity contribution is 5.78. The number of hydrogen-bond donors (Lipinski definition) is 2. The second kappa shape index (κ2) is 7.61. The molecule has 2 saturated heterocycles. The first-order valence-electron chi connectivity index (χ1n) is 8.76. The number of primary amides is 1. The molecule has 7 heteroatoms. The van der Waals surface area contributed by atoms with Crippen LogP contribution in [0.5, 0.6) is 0 Å². The van der Waals surface area contributed by atoms with Crippen LogP contribution in [0, 0.1) is 5.92 Å². The Hall–Kier alpha value is -2.15. The summed E-state index contributed by atoms with van der Waals surface area (Å²) in [6.07, 6.45) is 3.74. The number of carbonyl (C=O) groups excluding carboxylic acids is 2. The number of rotatable bonds is 4. The van der Waals surface area contributed by atoms with Crippen LogP contribution in [-0.4, -0.2) is 62.5 Å². The Morgan fingerprint density at radius 2 is 2.04 bits per heavy atom. The number of quaternary nitrogens is 1. The van der Waals surface area contributed by atoms with Gasteiger partial charge in [0, 0.05) is 6.07 Å². The summed E-state index contributed by atoms with van der Waals surface area (Å²) in [5.41, 5.74) is 5.42. The Kier molecular flexibility index (Phi) is 5.30. The van der Waals surface area contributed by atoms with E-state index in [0.717, 1.165) is 51.4 Å². The van der Waals surface area contributed by atoms with Crippen molar-refractivity contribution >= 4 is 17.6 Å². The fraction of sp³-hybridized carbons (Fsp3) is 0.588. The second-order valence-electron chi connectivity index (χ2n) is 6.74. The first kappa shape index (κ1) is 16.7. The molecule has 3 heterocycles. The van der Waals surface area contributed by atoms with E-state index in [1.54, 1.807) is 0 Å². The van der Waals surface area contributed by atoms with E-state index >= 15 is 0 Å². The third-order valence-electron chi connectivity index (χ3n) is 5.09. The fourth-order valence-electron chi connectivity index (χ4n) is 3.66. The second-order valence-corrected chi connectivity index (χ2v) is 6.74. The zero-order valence-corrected chi connectivity index (χ0v) is 14.0. The normalized spacial score (nSPS) is 24.7. The quantitative estimate of drug-likeness (QED) is 0.664. The summed E-state index contributed by atoms with van der Waals surface area (Å²) >= 11 is 0. The maximum atomic E-state index is 12.5. The number of anilines is 1. The number of amides is 2. The number of nitrogens with zero attached hydrogens (tertiary/aromatic N) is 2. The number of hydrogen-bond acceptors (Lipinski definition) is 3. The van der Waals surface area contributed by atoms with Crippen molar-refractivity contribution in [2.75, 3.05) is 50.7 Å². The van der Waals surface area contributed by atoms with Crippen LogP contribution >= 0.6 is 0 Å². The summed E-state index contributed by atoms with van der Waals surface area (Å²) in [6, 6.07) is 6.03. The Morgan fingerprint density at radius 3 is 2.71 bits per heavy atom. The van der Waals surface area contributed by atoms with Gasteiger partial charge < -0.3 is 15.5 Å². The number of H-pyrrole nitrogens is 1. The molecule has 1 unspecified atom stereocenters. The van der Waals surface area contributed by atoms with E-state index in [2.05, 4.69) is 16.0 Å². The minimum atomic E-state index is -0.229. The zero-order chi connectivity index (χ0) is 16.9. The van der Waals surface area contributed by atoms with Crippen molar-refractivity contribution in [2.45, 2.75) is 12.8 Å². The van der Waals surface area contributed by atoms with Crippen LogP contribution in [-0.2, 0) is 9.59 Å². The Labute approximate surface area is 142 Å². The minimum absolute atomic E-state index is 0.0768. The van der Waals surface area contributed by atoms with Crippen molar-refractivity contribution in [3.63, 3.8) is 0 Å². The molecule has 0 aliphatic carbocycles. The minimum Gasteiger partial charge on any atom is -0.369 e. The lowest BCUT2D eigenvalue weighted by molar-refractivity contribution is -0.899. The van der Waals surface area contributed by atoms with Gasteiger partial charge in [0.25, 0.3) is 11.7 Å². The van der Waals surface area contributed by atoms with Crippen LogP contribution in [0.1, 0.15) is 12.8 Å². The third-order valence-corrected chi connectivity index (χ3v) is 5.09. The van der Waals surface area contributed by atoms with Crippen molar-refractivity contribution in [3.8, 4) is 0 Å². The molecule has 0 saturated carbocycles. The smallest absolute Gasteiger partial charge is 0.278 e. The molecule has 1 aromatic rings. The van der Waals surface area contributed by atoms with E-state index in [0.29, 0.717) is 13.1 Å². The molecule has 2 aliphatic rings. The van der Waals surface area contributed by atoms with Gasteiger partial charge in [-0.15, -0.1) is 0 Å². The summed E-state index contributed by atoms with van der Waals surface area (Å²) in [5.74, 6) is 0.974. The van der Waals surface area contributed by atoms with Gasteiger partial charge in [-0.05, 0) is 18.9 Å². The van der Waals surface area contributed by atoms with Crippen LogP contribution in [0.2, 0.25) is 0 Å². The largest absolute Gasteiger partial charge is 0.369 e. The van der Waals surface area contributed by atoms with E-state index in [4.69, 9.17) is 5.73 Å². The molecule has 130 valence electrons. The van der Waals surface area contributed by atoms with E-state index in [9.17, 15) is 9.59 Å². The fourth-order valence-corrected chi connectivity index (χ4v) is 3.66. The monoisotopic (exact) mass is 333 g/mol. The SMILES string of the molecule is NC(=O)[C@H]1CCC[NH+](CC(=O)N2CCN(c3cccc[nH+]3)CC2)C1. The van der Waals surface area contributed by atoms with Crippen LogP contribution in [0.4, 0.5) is 5.82 Å². The van der Waals surface area contributed by atoms with Gasteiger partial charge in [-0.3, -0.25) is 14.5 Å². The molecule has 3 rings (SSSR count). The zero-order valence-electron chi connectivity index (χ0n) is 14.0. The van der Waals surface area contributed by atoms with Crippen LogP contribution < -0.4 is 20.5 Å². The highest BCUT2D eigenvalue weighted by atomic mass is 16.2. The van der Waals surface area contributed by atoms with Crippen LogP contribution in [0.3, 0.4) is 0 Å². The maximum absolute atomic E-state index is 12.5. The highest BCUT2D eigenvalue weighted by Gasteiger charge is 2.31. The third kappa shape index (κ3) is 4.03. The first-order valence-corrected chi connectivity index (χ1v) is 8.76. The van der Waals surface area contributed by atoms with Crippen molar-refractivity contribution in [3.05, 3.63) is 24.4 Å². The van der Waals surface area contributed by atoms with Crippen molar-refractivity contribution in [1.29, 1.82) is 0 Å². The number of pyridine rings is 1. The number of likely N-dealkylation sites (tertiary alicyclic amines) is 1. The average Bonchev–Trinajstić information content (AvgIpc) is 2.63. The van der Waals surface area contributed by atoms with Crippen molar-refractivity contribution in [2.24, 2.45) is 11.7 Å². The van der Waals surface area contributed by atoms with Crippen molar-refractivity contribution in [1.82, 2.24) is 4.90 Å². The van der Waals surface area contributed by atoms with Gasteiger partial charge >= 0.3 is 0 Å². The average molecular weight is 333 g/mol. The maximum Gasteiger partial charge on any atom is 0.278 e. The number of nitrogens with one attached hydrogen (secondary N) is 2. The lowest BCUT2D eigenvalue weighted by Crippen LogP contribution is -3.15. The molecule has 4 N–H and O–H groups in total. The Bertz CT molecular complexity index is 572. The molecule has 2 atom stereocenters. The molecular weight excluding hydrogens is 306 g/mol. The Balaban J connectivity index is 1.48. The van der Waals surface area contributed by atoms with Gasteiger partial charge in [0.05, 0.1) is 38.3 Å². The topological polar surface area (TPSA) is 85.2 Å². The number of aromatic amines is 1. The van der Waals surface area contributed by atoms with Gasteiger partial charge in [-0.1, -0.05) is 6.07 Å². The summed E-state index contributed by atoms with van der Waals surface area (Å²) in [4.78, 5) is 32.5. The van der Waals surface area contributed by atoms with Gasteiger partial charge in [0.1, 0.15) is 13.1 Å². The van der Waals surface area contributed by atoms with Crippen LogP contribution in [0.15, 0.2) is 24.4 Å². The number of aromatic nitrogens is 1. The lowest BCUT2D eigenvalue weighted by Gasteiger charge is -2.33. The number of piperazine rings is 1. The van der Waals surface area contributed by atoms with Gasteiger partial charge in [-0.2, -0.15) is 0 Å². The van der Waals surface area contributed by atoms with E-state index in [1.807, 2.05) is 23.2 Å². The molecule has 0 spiro atoms. The summed E-state index contributed by atoms with van der Waals surface area (Å²) < 4.78 is 0. The predicted octanol–water partition coefficient (Wildman–Crippen LogP) is -2.07. The summed E-state index contributed by atoms with van der Waals surface area (Å²) in [7, 11) is 0. The molecule has 0 bridgehead atoms. The number of nitrogens with two attached hydrogens (primary N) is 1. The van der Waals surface area contributed by atoms with E-state index in [1.165, 1.54) is 4.90 Å². The van der Waals surface area contributed by atoms with Crippen molar-refractivity contribution < 1.29 is 19.5 Å². The van der Waals surface area contributed by atoms with E-state index in [-0.39, 0.29) is 17.7 Å². The van der Waals surface area contributed by atoms with Gasteiger partial charge in [-0.25, -0.2) is 4.98 Å². The molecule has 24 heavy (non-hydrogen) atoms. The summed E-state index contributed by atoms with van der Waals surface area (Å²) in [6.45, 7) is 5.29. The molecule has 2 aliphatic heterocycles.